The number of amides is 2. The molecule has 6 nitrogen and oxygen atoms in total. The first-order chi connectivity index (χ1) is 7.58. The molecule has 1 aliphatic carbocycles. The number of hydrogen-bond donors (Lipinski definition) is 3. The van der Waals surface area contributed by atoms with Crippen LogP contribution in [0.4, 0.5) is 0 Å². The SMILES string of the molecule is O=CC1(NC(=O)C2C(=O)NCC2O)CCC1. The van der Waals surface area contributed by atoms with Gasteiger partial charge in [-0.2, -0.15) is 0 Å². The van der Waals surface area contributed by atoms with Crippen molar-refractivity contribution in [3.8, 4) is 0 Å². The van der Waals surface area contributed by atoms with Crippen LogP contribution in [0.5, 0.6) is 0 Å². The van der Waals surface area contributed by atoms with Crippen molar-refractivity contribution in [2.75, 3.05) is 6.54 Å². The van der Waals surface area contributed by atoms with Crippen molar-refractivity contribution in [3.05, 3.63) is 0 Å². The van der Waals surface area contributed by atoms with Crippen LogP contribution in [0.2, 0.25) is 0 Å². The molecule has 2 amide bonds. The van der Waals surface area contributed by atoms with Crippen molar-refractivity contribution in [2.45, 2.75) is 30.9 Å². The first-order valence-electron chi connectivity index (χ1n) is 5.32. The predicted molar refractivity (Wildman–Crippen MR) is 53.3 cm³/mol. The summed E-state index contributed by atoms with van der Waals surface area (Å²) in [6.45, 7) is 0.0883. The van der Waals surface area contributed by atoms with E-state index in [0.29, 0.717) is 19.1 Å². The zero-order valence-electron chi connectivity index (χ0n) is 8.73. The fourth-order valence-corrected chi connectivity index (χ4v) is 2.05. The number of nitrogens with one attached hydrogen (secondary N) is 2. The first kappa shape index (κ1) is 11.1. The summed E-state index contributed by atoms with van der Waals surface area (Å²) < 4.78 is 0. The Hall–Kier alpha value is -1.43. The van der Waals surface area contributed by atoms with E-state index in [9.17, 15) is 19.5 Å². The van der Waals surface area contributed by atoms with Crippen LogP contribution < -0.4 is 10.6 Å². The Morgan fingerprint density at radius 3 is 2.62 bits per heavy atom. The van der Waals surface area contributed by atoms with E-state index in [0.717, 1.165) is 6.42 Å². The van der Waals surface area contributed by atoms with Gasteiger partial charge in [0.05, 0.1) is 11.6 Å². The molecule has 0 spiro atoms. The molecule has 2 atom stereocenters. The van der Waals surface area contributed by atoms with E-state index in [-0.39, 0.29) is 6.54 Å². The lowest BCUT2D eigenvalue weighted by atomic mass is 9.77. The minimum absolute atomic E-state index is 0.0883. The summed E-state index contributed by atoms with van der Waals surface area (Å²) in [5.74, 6) is -2.13. The van der Waals surface area contributed by atoms with Gasteiger partial charge < -0.3 is 20.5 Å². The smallest absolute Gasteiger partial charge is 0.236 e. The van der Waals surface area contributed by atoms with Gasteiger partial charge in [0.1, 0.15) is 12.2 Å². The van der Waals surface area contributed by atoms with Gasteiger partial charge in [-0.05, 0) is 19.3 Å². The molecule has 2 fully saturated rings. The molecule has 1 heterocycles. The van der Waals surface area contributed by atoms with E-state index >= 15 is 0 Å². The Morgan fingerprint density at radius 2 is 2.25 bits per heavy atom. The Balaban J connectivity index is 2.02. The lowest BCUT2D eigenvalue weighted by Gasteiger charge is -2.38. The fourth-order valence-electron chi connectivity index (χ4n) is 2.05. The molecule has 6 heteroatoms. The zero-order chi connectivity index (χ0) is 11.8. The summed E-state index contributed by atoms with van der Waals surface area (Å²) in [6.07, 6.45) is 1.81. The molecule has 1 aliphatic heterocycles. The van der Waals surface area contributed by atoms with Crippen LogP contribution in [0.1, 0.15) is 19.3 Å². The average molecular weight is 226 g/mol. The highest BCUT2D eigenvalue weighted by molar-refractivity contribution is 6.03. The number of carbonyl (C=O) groups is 3. The van der Waals surface area contributed by atoms with Crippen molar-refractivity contribution in [2.24, 2.45) is 5.92 Å². The number of aliphatic hydroxyl groups is 1. The highest BCUT2D eigenvalue weighted by Crippen LogP contribution is 2.30. The summed E-state index contributed by atoms with van der Waals surface area (Å²) in [5, 5.41) is 14.4. The monoisotopic (exact) mass is 226 g/mol. The molecular formula is C10H14N2O4. The van der Waals surface area contributed by atoms with Gasteiger partial charge in [0, 0.05) is 6.54 Å². The molecule has 0 aromatic rings. The molecule has 88 valence electrons. The van der Waals surface area contributed by atoms with Crippen LogP contribution in [0, 0.1) is 5.92 Å². The van der Waals surface area contributed by atoms with Crippen LogP contribution in [-0.2, 0) is 14.4 Å². The van der Waals surface area contributed by atoms with Gasteiger partial charge in [0.15, 0.2) is 0 Å². The van der Waals surface area contributed by atoms with Crippen molar-refractivity contribution < 1.29 is 19.5 Å². The third-order valence-corrected chi connectivity index (χ3v) is 3.28. The molecule has 0 aromatic heterocycles. The average Bonchev–Trinajstić information content (AvgIpc) is 2.52. The maximum atomic E-state index is 11.7. The van der Waals surface area contributed by atoms with E-state index in [2.05, 4.69) is 10.6 Å². The topological polar surface area (TPSA) is 95.5 Å². The minimum atomic E-state index is -1.09. The lowest BCUT2D eigenvalue weighted by molar-refractivity contribution is -0.139. The second kappa shape index (κ2) is 3.86. The maximum absolute atomic E-state index is 11.7. The Labute approximate surface area is 92.4 Å². The number of aldehydes is 1. The van der Waals surface area contributed by atoms with Crippen LogP contribution in [-0.4, -0.2) is 41.4 Å². The third kappa shape index (κ3) is 1.69. The summed E-state index contributed by atoms with van der Waals surface area (Å²) in [6, 6.07) is 0. The van der Waals surface area contributed by atoms with Crippen LogP contribution in [0.25, 0.3) is 0 Å². The molecule has 2 unspecified atom stereocenters. The minimum Gasteiger partial charge on any atom is -0.390 e. The van der Waals surface area contributed by atoms with E-state index in [4.69, 9.17) is 0 Å². The van der Waals surface area contributed by atoms with E-state index in [1.165, 1.54) is 0 Å². The van der Waals surface area contributed by atoms with E-state index in [1.54, 1.807) is 0 Å². The van der Waals surface area contributed by atoms with Gasteiger partial charge in [-0.3, -0.25) is 9.59 Å². The summed E-state index contributed by atoms with van der Waals surface area (Å²) in [5.41, 5.74) is -0.806. The molecule has 1 saturated heterocycles. The van der Waals surface area contributed by atoms with Crippen LogP contribution in [0.15, 0.2) is 0 Å². The zero-order valence-corrected chi connectivity index (χ0v) is 8.73. The quantitative estimate of drug-likeness (QED) is 0.396. The largest absolute Gasteiger partial charge is 0.390 e. The first-order valence-corrected chi connectivity index (χ1v) is 5.32. The number of hydrogen-bond acceptors (Lipinski definition) is 4. The number of β-amino-alcohol motifs (C(OH)–C–C–N with tert-alkyl or cyclic N) is 1. The van der Waals surface area contributed by atoms with E-state index in [1.807, 2.05) is 0 Å². The van der Waals surface area contributed by atoms with Crippen molar-refractivity contribution >= 4 is 18.1 Å². The van der Waals surface area contributed by atoms with Crippen LogP contribution >= 0.6 is 0 Å². The van der Waals surface area contributed by atoms with E-state index < -0.39 is 29.4 Å². The van der Waals surface area contributed by atoms with Crippen molar-refractivity contribution in [1.29, 1.82) is 0 Å². The standard InChI is InChI=1S/C10H14N2O4/c13-5-10(2-1-3-10)12-9(16)7-6(14)4-11-8(7)15/h5-7,14H,1-4H2,(H,11,15)(H,12,16). The molecule has 2 rings (SSSR count). The fraction of sp³-hybridized carbons (Fsp3) is 0.700. The molecule has 0 radical (unpaired) electrons. The Bertz CT molecular complexity index is 338. The number of aliphatic hydroxyl groups excluding tert-OH is 1. The number of rotatable bonds is 3. The molecule has 16 heavy (non-hydrogen) atoms. The van der Waals surface area contributed by atoms with Gasteiger partial charge in [0.25, 0.3) is 0 Å². The number of carbonyl (C=O) groups excluding carboxylic acids is 3. The second-order valence-electron chi connectivity index (χ2n) is 4.41. The molecular weight excluding hydrogens is 212 g/mol. The van der Waals surface area contributed by atoms with Crippen molar-refractivity contribution in [1.82, 2.24) is 10.6 Å². The molecule has 0 aromatic carbocycles. The summed E-state index contributed by atoms with van der Waals surface area (Å²) in [4.78, 5) is 33.9. The molecule has 1 saturated carbocycles. The summed E-state index contributed by atoms with van der Waals surface area (Å²) >= 11 is 0. The molecule has 3 N–H and O–H groups in total. The van der Waals surface area contributed by atoms with Crippen molar-refractivity contribution in [3.63, 3.8) is 0 Å². The predicted octanol–water partition coefficient (Wildman–Crippen LogP) is -1.67. The van der Waals surface area contributed by atoms with Gasteiger partial charge in [-0.15, -0.1) is 0 Å². The van der Waals surface area contributed by atoms with Gasteiger partial charge >= 0.3 is 0 Å². The Kier molecular flexibility index (Phi) is 2.67. The molecule has 0 bridgehead atoms. The highest BCUT2D eigenvalue weighted by atomic mass is 16.3. The van der Waals surface area contributed by atoms with Crippen LogP contribution in [0.3, 0.4) is 0 Å². The molecule has 2 aliphatic rings. The lowest BCUT2D eigenvalue weighted by Crippen LogP contribution is -2.57. The van der Waals surface area contributed by atoms with Gasteiger partial charge in [-0.25, -0.2) is 0 Å². The maximum Gasteiger partial charge on any atom is 0.236 e. The Morgan fingerprint density at radius 1 is 1.56 bits per heavy atom. The van der Waals surface area contributed by atoms with Gasteiger partial charge in [0.2, 0.25) is 11.8 Å². The normalized spacial score (nSPS) is 31.4. The third-order valence-electron chi connectivity index (χ3n) is 3.28. The second-order valence-corrected chi connectivity index (χ2v) is 4.41. The highest BCUT2D eigenvalue weighted by Gasteiger charge is 2.44. The summed E-state index contributed by atoms with van der Waals surface area (Å²) in [7, 11) is 0. The van der Waals surface area contributed by atoms with Gasteiger partial charge in [-0.1, -0.05) is 0 Å².